The summed E-state index contributed by atoms with van der Waals surface area (Å²) in [5.41, 5.74) is 3.65. The Kier molecular flexibility index (Phi) is 3.53. The van der Waals surface area contributed by atoms with Gasteiger partial charge in [-0.05, 0) is 31.0 Å². The molecular formula is C14H15ClN2O. The van der Waals surface area contributed by atoms with Gasteiger partial charge in [0.15, 0.2) is 5.78 Å². The molecule has 0 unspecified atom stereocenters. The van der Waals surface area contributed by atoms with Gasteiger partial charge < -0.3 is 0 Å². The Bertz CT molecular complexity index is 602. The minimum absolute atomic E-state index is 0.0200. The average Bonchev–Trinajstić information content (AvgIpc) is 2.69. The van der Waals surface area contributed by atoms with Crippen molar-refractivity contribution in [2.45, 2.75) is 20.3 Å². The number of halogens is 1. The minimum Gasteiger partial charge on any atom is -0.294 e. The number of hydrogen-bond acceptors (Lipinski definition) is 2. The summed E-state index contributed by atoms with van der Waals surface area (Å²) >= 11 is 6.13. The molecule has 0 aliphatic rings. The second kappa shape index (κ2) is 4.94. The first-order valence-electron chi connectivity index (χ1n) is 5.86. The lowest BCUT2D eigenvalue weighted by Gasteiger charge is -2.04. The maximum atomic E-state index is 11.3. The molecule has 94 valence electrons. The van der Waals surface area contributed by atoms with E-state index >= 15 is 0 Å². The average molecular weight is 263 g/mol. The molecule has 2 aromatic rings. The first kappa shape index (κ1) is 12.8. The van der Waals surface area contributed by atoms with E-state index in [1.165, 1.54) is 6.92 Å². The van der Waals surface area contributed by atoms with Gasteiger partial charge in [-0.15, -0.1) is 0 Å². The van der Waals surface area contributed by atoms with Crippen LogP contribution in [-0.2, 0) is 13.5 Å². The normalized spacial score (nSPS) is 10.7. The molecular weight excluding hydrogens is 248 g/mol. The van der Waals surface area contributed by atoms with E-state index in [1.54, 1.807) is 10.7 Å². The Hall–Kier alpha value is -1.61. The molecule has 0 radical (unpaired) electrons. The number of carbonyl (C=O) groups is 1. The van der Waals surface area contributed by atoms with Crippen molar-refractivity contribution in [2.24, 2.45) is 7.05 Å². The highest BCUT2D eigenvalue weighted by molar-refractivity contribution is 6.34. The van der Waals surface area contributed by atoms with Crippen LogP contribution in [0.5, 0.6) is 0 Å². The Labute approximate surface area is 111 Å². The fourth-order valence-electron chi connectivity index (χ4n) is 2.00. The lowest BCUT2D eigenvalue weighted by Crippen LogP contribution is -1.93. The lowest BCUT2D eigenvalue weighted by molar-refractivity contribution is 0.101. The molecule has 0 saturated carbocycles. The fourth-order valence-corrected chi connectivity index (χ4v) is 2.32. The zero-order chi connectivity index (χ0) is 13.3. The van der Waals surface area contributed by atoms with Crippen molar-refractivity contribution < 1.29 is 4.79 Å². The molecule has 18 heavy (non-hydrogen) atoms. The van der Waals surface area contributed by atoms with Gasteiger partial charge in [0.05, 0.1) is 10.7 Å². The summed E-state index contributed by atoms with van der Waals surface area (Å²) in [6, 6.07) is 5.51. The lowest BCUT2D eigenvalue weighted by atomic mass is 10.0. The van der Waals surface area contributed by atoms with Gasteiger partial charge in [-0.25, -0.2) is 0 Å². The summed E-state index contributed by atoms with van der Waals surface area (Å²) < 4.78 is 1.79. The summed E-state index contributed by atoms with van der Waals surface area (Å²) in [5, 5.41) is 4.89. The van der Waals surface area contributed by atoms with E-state index < -0.39 is 0 Å². The third kappa shape index (κ3) is 2.31. The Balaban J connectivity index is 2.51. The van der Waals surface area contributed by atoms with Crippen LogP contribution >= 0.6 is 11.6 Å². The first-order chi connectivity index (χ1) is 8.52. The van der Waals surface area contributed by atoms with Crippen LogP contribution in [-0.4, -0.2) is 15.6 Å². The van der Waals surface area contributed by atoms with Crippen LogP contribution < -0.4 is 0 Å². The standard InChI is InChI=1S/C14H15ClN2O/c1-4-14-12(8-17(3)16-14)10-5-6-11(9(2)18)13(15)7-10/h5-8H,4H2,1-3H3. The third-order valence-corrected chi connectivity index (χ3v) is 3.21. The van der Waals surface area contributed by atoms with Gasteiger partial charge in [-0.2, -0.15) is 5.10 Å². The van der Waals surface area contributed by atoms with Crippen LogP contribution in [0.1, 0.15) is 29.9 Å². The van der Waals surface area contributed by atoms with Gasteiger partial charge >= 0.3 is 0 Å². The van der Waals surface area contributed by atoms with Gasteiger partial charge in [0.2, 0.25) is 0 Å². The molecule has 0 N–H and O–H groups in total. The second-order valence-corrected chi connectivity index (χ2v) is 4.67. The van der Waals surface area contributed by atoms with Crippen LogP contribution in [0.3, 0.4) is 0 Å². The van der Waals surface area contributed by atoms with Gasteiger partial charge in [0.25, 0.3) is 0 Å². The number of Topliss-reactive ketones (excluding diaryl/α,β-unsaturated/α-hetero) is 1. The van der Waals surface area contributed by atoms with Gasteiger partial charge in [0.1, 0.15) is 0 Å². The first-order valence-corrected chi connectivity index (χ1v) is 6.24. The summed E-state index contributed by atoms with van der Waals surface area (Å²) in [4.78, 5) is 11.3. The second-order valence-electron chi connectivity index (χ2n) is 4.27. The SMILES string of the molecule is CCc1nn(C)cc1-c1ccc(C(C)=O)c(Cl)c1. The molecule has 0 spiro atoms. The molecule has 0 fully saturated rings. The largest absolute Gasteiger partial charge is 0.294 e. The van der Waals surface area contributed by atoms with Crippen molar-refractivity contribution in [3.05, 3.63) is 40.7 Å². The number of benzene rings is 1. The van der Waals surface area contributed by atoms with Crippen LogP contribution in [0, 0.1) is 0 Å². The van der Waals surface area contributed by atoms with Crippen molar-refractivity contribution in [1.29, 1.82) is 0 Å². The van der Waals surface area contributed by atoms with Crippen molar-refractivity contribution >= 4 is 17.4 Å². The zero-order valence-corrected chi connectivity index (χ0v) is 11.5. The molecule has 0 amide bonds. The number of carbonyl (C=O) groups excluding carboxylic acids is 1. The number of nitrogens with zero attached hydrogens (tertiary/aromatic N) is 2. The van der Waals surface area contributed by atoms with Gasteiger partial charge in [0, 0.05) is 24.4 Å². The molecule has 0 bridgehead atoms. The summed E-state index contributed by atoms with van der Waals surface area (Å²) in [7, 11) is 1.90. The molecule has 4 heteroatoms. The smallest absolute Gasteiger partial charge is 0.161 e. The topological polar surface area (TPSA) is 34.9 Å². The molecule has 3 nitrogen and oxygen atoms in total. The van der Waals surface area contributed by atoms with Crippen molar-refractivity contribution in [3.63, 3.8) is 0 Å². The number of ketones is 1. The summed E-state index contributed by atoms with van der Waals surface area (Å²) in [6.07, 6.45) is 2.83. The third-order valence-electron chi connectivity index (χ3n) is 2.90. The number of aryl methyl sites for hydroxylation is 2. The van der Waals surface area contributed by atoms with E-state index in [0.29, 0.717) is 10.6 Å². The Morgan fingerprint density at radius 2 is 2.17 bits per heavy atom. The van der Waals surface area contributed by atoms with E-state index in [1.807, 2.05) is 25.4 Å². The highest BCUT2D eigenvalue weighted by atomic mass is 35.5. The maximum Gasteiger partial charge on any atom is 0.161 e. The molecule has 0 saturated heterocycles. The molecule has 0 aliphatic carbocycles. The molecule has 1 heterocycles. The van der Waals surface area contributed by atoms with Crippen molar-refractivity contribution in [3.8, 4) is 11.1 Å². The van der Waals surface area contributed by atoms with E-state index in [9.17, 15) is 4.79 Å². The monoisotopic (exact) mass is 262 g/mol. The molecule has 0 atom stereocenters. The molecule has 1 aromatic carbocycles. The van der Waals surface area contributed by atoms with Crippen LogP contribution in [0.15, 0.2) is 24.4 Å². The zero-order valence-electron chi connectivity index (χ0n) is 10.7. The van der Waals surface area contributed by atoms with E-state index in [4.69, 9.17) is 11.6 Å². The predicted octanol–water partition coefficient (Wildman–Crippen LogP) is 3.51. The van der Waals surface area contributed by atoms with E-state index in [2.05, 4.69) is 12.0 Å². The van der Waals surface area contributed by atoms with Crippen LogP contribution in [0.4, 0.5) is 0 Å². The Morgan fingerprint density at radius 1 is 1.44 bits per heavy atom. The fraction of sp³-hybridized carbons (Fsp3) is 0.286. The number of hydrogen-bond donors (Lipinski definition) is 0. The molecule has 2 rings (SSSR count). The highest BCUT2D eigenvalue weighted by Crippen LogP contribution is 2.28. The molecule has 0 aliphatic heterocycles. The number of rotatable bonds is 3. The van der Waals surface area contributed by atoms with Crippen molar-refractivity contribution in [2.75, 3.05) is 0 Å². The maximum absolute atomic E-state index is 11.3. The predicted molar refractivity (Wildman–Crippen MR) is 73.0 cm³/mol. The van der Waals surface area contributed by atoms with Crippen molar-refractivity contribution in [1.82, 2.24) is 9.78 Å². The summed E-state index contributed by atoms with van der Waals surface area (Å²) in [6.45, 7) is 3.58. The minimum atomic E-state index is -0.0200. The van der Waals surface area contributed by atoms with E-state index in [-0.39, 0.29) is 5.78 Å². The summed E-state index contributed by atoms with van der Waals surface area (Å²) in [5.74, 6) is -0.0200. The quantitative estimate of drug-likeness (QED) is 0.794. The Morgan fingerprint density at radius 3 is 2.72 bits per heavy atom. The van der Waals surface area contributed by atoms with Crippen LogP contribution in [0.2, 0.25) is 5.02 Å². The van der Waals surface area contributed by atoms with Gasteiger partial charge in [-0.3, -0.25) is 9.48 Å². The number of aromatic nitrogens is 2. The van der Waals surface area contributed by atoms with Gasteiger partial charge in [-0.1, -0.05) is 24.6 Å². The van der Waals surface area contributed by atoms with E-state index in [0.717, 1.165) is 23.2 Å². The highest BCUT2D eigenvalue weighted by Gasteiger charge is 2.11. The van der Waals surface area contributed by atoms with Crippen LogP contribution in [0.25, 0.3) is 11.1 Å². The molecule has 1 aromatic heterocycles.